The number of aliphatic hydroxyl groups excluding tert-OH is 1. The van der Waals surface area contributed by atoms with Gasteiger partial charge in [-0.15, -0.1) is 0 Å². The highest BCUT2D eigenvalue weighted by Crippen LogP contribution is 2.26. The van der Waals surface area contributed by atoms with Crippen molar-refractivity contribution in [2.75, 3.05) is 31.1 Å². The number of benzene rings is 1. The number of hydrogen-bond donors (Lipinski definition) is 2. The highest BCUT2D eigenvalue weighted by atomic mass is 19.1. The van der Waals surface area contributed by atoms with Crippen LogP contribution in [-0.2, 0) is 11.3 Å². The summed E-state index contributed by atoms with van der Waals surface area (Å²) in [6.45, 7) is 6.73. The van der Waals surface area contributed by atoms with Gasteiger partial charge >= 0.3 is 0 Å². The smallest absolute Gasteiger partial charge is 0.129 e. The first-order valence-corrected chi connectivity index (χ1v) is 7.65. The minimum Gasteiger partial charge on any atom is -0.394 e. The lowest BCUT2D eigenvalue weighted by molar-refractivity contribution is -0.0421. The Bertz CT molecular complexity index is 456. The molecule has 0 aromatic heterocycles. The Labute approximate surface area is 125 Å². The van der Waals surface area contributed by atoms with Crippen LogP contribution in [0.5, 0.6) is 0 Å². The predicted octanol–water partition coefficient (Wildman–Crippen LogP) is 1.91. The topological polar surface area (TPSA) is 44.7 Å². The lowest BCUT2D eigenvalue weighted by Gasteiger charge is -2.38. The monoisotopic (exact) mass is 296 g/mol. The standard InChI is InChI=1S/C16H25FN2O2/c1-3-7-18-8-14-15(17)5-4-6-16(14)19-9-12(2)21-13(10-19)11-20/h4-6,12-13,18,20H,3,7-11H2,1-2H3. The van der Waals surface area contributed by atoms with Crippen LogP contribution in [0.3, 0.4) is 0 Å². The number of nitrogens with zero attached hydrogens (tertiary/aromatic N) is 1. The molecule has 0 spiro atoms. The van der Waals surface area contributed by atoms with Gasteiger partial charge in [0.25, 0.3) is 0 Å². The molecule has 0 saturated carbocycles. The zero-order valence-electron chi connectivity index (χ0n) is 12.8. The van der Waals surface area contributed by atoms with Crippen molar-refractivity contribution in [3.8, 4) is 0 Å². The molecule has 2 rings (SSSR count). The molecular weight excluding hydrogens is 271 g/mol. The van der Waals surface area contributed by atoms with E-state index in [2.05, 4.69) is 17.1 Å². The number of ether oxygens (including phenoxy) is 1. The maximum Gasteiger partial charge on any atom is 0.129 e. The normalized spacial score (nSPS) is 22.6. The van der Waals surface area contributed by atoms with Crippen molar-refractivity contribution in [1.82, 2.24) is 5.32 Å². The van der Waals surface area contributed by atoms with Gasteiger partial charge in [0.1, 0.15) is 5.82 Å². The molecule has 5 heteroatoms. The zero-order valence-corrected chi connectivity index (χ0v) is 12.8. The third-order valence-corrected chi connectivity index (χ3v) is 3.69. The van der Waals surface area contributed by atoms with Crippen LogP contribution in [0.2, 0.25) is 0 Å². The van der Waals surface area contributed by atoms with Crippen molar-refractivity contribution >= 4 is 5.69 Å². The van der Waals surface area contributed by atoms with Crippen LogP contribution in [0, 0.1) is 5.82 Å². The average Bonchev–Trinajstić information content (AvgIpc) is 2.48. The highest BCUT2D eigenvalue weighted by molar-refractivity contribution is 5.54. The van der Waals surface area contributed by atoms with E-state index in [1.807, 2.05) is 13.0 Å². The number of hydrogen-bond acceptors (Lipinski definition) is 4. The molecule has 21 heavy (non-hydrogen) atoms. The summed E-state index contributed by atoms with van der Waals surface area (Å²) in [5, 5.41) is 12.6. The minimum absolute atomic E-state index is 0.0143. The number of aliphatic hydroxyl groups is 1. The van der Waals surface area contributed by atoms with Gasteiger partial charge in [-0.1, -0.05) is 13.0 Å². The van der Waals surface area contributed by atoms with E-state index in [-0.39, 0.29) is 24.6 Å². The Morgan fingerprint density at radius 1 is 1.43 bits per heavy atom. The molecule has 1 saturated heterocycles. The molecule has 0 bridgehead atoms. The summed E-state index contributed by atoms with van der Waals surface area (Å²) < 4.78 is 19.8. The van der Waals surface area contributed by atoms with Crippen molar-refractivity contribution in [1.29, 1.82) is 0 Å². The summed E-state index contributed by atoms with van der Waals surface area (Å²) in [6, 6.07) is 5.18. The Morgan fingerprint density at radius 3 is 2.95 bits per heavy atom. The van der Waals surface area contributed by atoms with Crippen LogP contribution in [0.15, 0.2) is 18.2 Å². The lowest BCUT2D eigenvalue weighted by Crippen LogP contribution is -2.48. The van der Waals surface area contributed by atoms with E-state index in [0.29, 0.717) is 25.2 Å². The average molecular weight is 296 g/mol. The van der Waals surface area contributed by atoms with Crippen molar-refractivity contribution in [2.24, 2.45) is 0 Å². The van der Waals surface area contributed by atoms with Crippen molar-refractivity contribution < 1.29 is 14.2 Å². The fraction of sp³-hybridized carbons (Fsp3) is 0.625. The molecule has 0 aliphatic carbocycles. The third-order valence-electron chi connectivity index (χ3n) is 3.69. The second-order valence-corrected chi connectivity index (χ2v) is 5.57. The summed E-state index contributed by atoms with van der Waals surface area (Å²) in [7, 11) is 0. The van der Waals surface area contributed by atoms with Crippen molar-refractivity contribution in [3.05, 3.63) is 29.6 Å². The molecule has 1 aromatic rings. The number of nitrogens with one attached hydrogen (secondary N) is 1. The number of morpholine rings is 1. The SMILES string of the molecule is CCCNCc1c(F)cccc1N1CC(C)OC(CO)C1. The van der Waals surface area contributed by atoms with Gasteiger partial charge in [0.05, 0.1) is 18.8 Å². The molecule has 0 radical (unpaired) electrons. The molecule has 2 N–H and O–H groups in total. The number of rotatable bonds is 6. The first kappa shape index (κ1) is 16.2. The van der Waals surface area contributed by atoms with Crippen LogP contribution in [0.25, 0.3) is 0 Å². The van der Waals surface area contributed by atoms with Crippen LogP contribution >= 0.6 is 0 Å². The largest absolute Gasteiger partial charge is 0.394 e. The Kier molecular flexibility index (Phi) is 5.96. The zero-order chi connectivity index (χ0) is 15.2. The van der Waals surface area contributed by atoms with E-state index in [4.69, 9.17) is 4.74 Å². The second kappa shape index (κ2) is 7.73. The summed E-state index contributed by atoms with van der Waals surface area (Å²) in [6.07, 6.45) is 0.828. The Morgan fingerprint density at radius 2 is 2.24 bits per heavy atom. The first-order chi connectivity index (χ1) is 10.2. The molecule has 2 atom stereocenters. The number of anilines is 1. The molecule has 1 aliphatic heterocycles. The molecule has 118 valence electrons. The van der Waals surface area contributed by atoms with Crippen molar-refractivity contribution in [2.45, 2.75) is 39.0 Å². The molecule has 1 heterocycles. The molecule has 1 aliphatic rings. The summed E-state index contributed by atoms with van der Waals surface area (Å²) in [5.41, 5.74) is 1.59. The Balaban J connectivity index is 2.19. The van der Waals surface area contributed by atoms with Gasteiger partial charge in [-0.25, -0.2) is 4.39 Å². The van der Waals surface area contributed by atoms with Crippen LogP contribution in [0.4, 0.5) is 10.1 Å². The molecule has 0 amide bonds. The van der Waals surface area contributed by atoms with E-state index < -0.39 is 0 Å². The fourth-order valence-electron chi connectivity index (χ4n) is 2.75. The minimum atomic E-state index is -0.214. The summed E-state index contributed by atoms with van der Waals surface area (Å²) >= 11 is 0. The predicted molar refractivity (Wildman–Crippen MR) is 82.0 cm³/mol. The first-order valence-electron chi connectivity index (χ1n) is 7.65. The van der Waals surface area contributed by atoms with Gasteiger partial charge in [0.15, 0.2) is 0 Å². The van der Waals surface area contributed by atoms with Gasteiger partial charge in [-0.3, -0.25) is 0 Å². The summed E-state index contributed by atoms with van der Waals surface area (Å²) in [5.74, 6) is -0.184. The molecule has 1 aromatic carbocycles. The van der Waals surface area contributed by atoms with Gasteiger partial charge in [0.2, 0.25) is 0 Å². The molecule has 1 fully saturated rings. The van der Waals surface area contributed by atoms with Crippen LogP contribution in [0.1, 0.15) is 25.8 Å². The fourth-order valence-corrected chi connectivity index (χ4v) is 2.75. The van der Waals surface area contributed by atoms with Crippen molar-refractivity contribution in [3.63, 3.8) is 0 Å². The number of halogens is 1. The third kappa shape index (κ3) is 4.15. The highest BCUT2D eigenvalue weighted by Gasteiger charge is 2.26. The van der Waals surface area contributed by atoms with E-state index in [0.717, 1.165) is 18.7 Å². The Hall–Kier alpha value is -1.17. The molecular formula is C16H25FN2O2. The van der Waals surface area contributed by atoms with Crippen LogP contribution in [-0.4, -0.2) is 43.6 Å². The molecule has 4 nitrogen and oxygen atoms in total. The van der Waals surface area contributed by atoms with Gasteiger partial charge in [-0.05, 0) is 32.0 Å². The van der Waals surface area contributed by atoms with Crippen LogP contribution < -0.4 is 10.2 Å². The van der Waals surface area contributed by atoms with Gasteiger partial charge in [0, 0.05) is 30.9 Å². The van der Waals surface area contributed by atoms with Gasteiger partial charge in [-0.2, -0.15) is 0 Å². The maximum atomic E-state index is 14.2. The van der Waals surface area contributed by atoms with E-state index >= 15 is 0 Å². The quantitative estimate of drug-likeness (QED) is 0.787. The van der Waals surface area contributed by atoms with E-state index in [1.165, 1.54) is 6.07 Å². The summed E-state index contributed by atoms with van der Waals surface area (Å²) in [4.78, 5) is 2.11. The van der Waals surface area contributed by atoms with E-state index in [1.54, 1.807) is 6.07 Å². The van der Waals surface area contributed by atoms with E-state index in [9.17, 15) is 9.50 Å². The molecule has 2 unspecified atom stereocenters. The maximum absolute atomic E-state index is 14.2. The second-order valence-electron chi connectivity index (χ2n) is 5.57. The lowest BCUT2D eigenvalue weighted by atomic mass is 10.1. The van der Waals surface area contributed by atoms with Gasteiger partial charge < -0.3 is 20.1 Å².